The smallest absolute Gasteiger partial charge is 0.164 e. The Kier molecular flexibility index (Phi) is 4.96. The number of rotatable bonds is 3. The van der Waals surface area contributed by atoms with Crippen LogP contribution in [0.5, 0.6) is 11.5 Å². The molecule has 0 aliphatic rings. The van der Waals surface area contributed by atoms with Gasteiger partial charge < -0.3 is 16.1 Å². The van der Waals surface area contributed by atoms with Crippen molar-refractivity contribution in [3.63, 3.8) is 0 Å². The van der Waals surface area contributed by atoms with Crippen LogP contribution in [-0.4, -0.2) is 25.9 Å². The van der Waals surface area contributed by atoms with Gasteiger partial charge in [0, 0.05) is 16.0 Å². The van der Waals surface area contributed by atoms with E-state index in [9.17, 15) is 10.2 Å². The molecular formula is C21H14Cl2N4O2. The van der Waals surface area contributed by atoms with Crippen molar-refractivity contribution in [1.82, 2.24) is 9.97 Å². The molecule has 1 heterocycles. The van der Waals surface area contributed by atoms with E-state index in [0.717, 1.165) is 0 Å². The van der Waals surface area contributed by atoms with Gasteiger partial charge in [0.05, 0.1) is 16.1 Å². The van der Waals surface area contributed by atoms with Crippen LogP contribution in [0.3, 0.4) is 0 Å². The zero-order chi connectivity index (χ0) is 20.5. The third kappa shape index (κ3) is 3.44. The number of nitrogens with zero attached hydrogens (tertiary/aromatic N) is 3. The number of hydrazone groups is 1. The van der Waals surface area contributed by atoms with Crippen molar-refractivity contribution in [2.75, 3.05) is 0 Å². The highest BCUT2D eigenvalue weighted by molar-refractivity contribution is 6.37. The van der Waals surface area contributed by atoms with Gasteiger partial charge in [-0.3, -0.25) is 0 Å². The molecular weight excluding hydrogens is 411 g/mol. The zero-order valence-corrected chi connectivity index (χ0v) is 16.4. The Hall–Kier alpha value is -3.35. The Morgan fingerprint density at radius 3 is 2.41 bits per heavy atom. The van der Waals surface area contributed by atoms with Gasteiger partial charge in [-0.1, -0.05) is 53.5 Å². The largest absolute Gasteiger partial charge is 0.507 e. The maximum atomic E-state index is 10.5. The average Bonchev–Trinajstić information content (AvgIpc) is 2.72. The summed E-state index contributed by atoms with van der Waals surface area (Å²) in [5, 5.41) is 25.6. The fourth-order valence-electron chi connectivity index (χ4n) is 3.05. The monoisotopic (exact) mass is 424 g/mol. The summed E-state index contributed by atoms with van der Waals surface area (Å²) >= 11 is 12.2. The van der Waals surface area contributed by atoms with Crippen LogP contribution in [0.25, 0.3) is 22.3 Å². The van der Waals surface area contributed by atoms with E-state index >= 15 is 0 Å². The predicted octanol–water partition coefficient (Wildman–Crippen LogP) is 4.73. The van der Waals surface area contributed by atoms with Crippen molar-refractivity contribution in [3.8, 4) is 22.9 Å². The average molecular weight is 425 g/mol. The van der Waals surface area contributed by atoms with Crippen LogP contribution in [0.15, 0.2) is 65.8 Å². The standard InChI is InChI=1S/C21H14Cl2N4O2/c22-11-9-14(20(29)15(23)10-11)19(27-24)18-12-5-1-3-7-16(12)25-21(26-18)13-6-2-4-8-17(13)28/h1-10,28-29H,24H2/b27-19+. The van der Waals surface area contributed by atoms with Gasteiger partial charge in [-0.25, -0.2) is 9.97 Å². The van der Waals surface area contributed by atoms with Gasteiger partial charge in [0.15, 0.2) is 5.82 Å². The summed E-state index contributed by atoms with van der Waals surface area (Å²) in [5.74, 6) is 5.80. The highest BCUT2D eigenvalue weighted by atomic mass is 35.5. The fraction of sp³-hybridized carbons (Fsp3) is 0. The summed E-state index contributed by atoms with van der Waals surface area (Å²) < 4.78 is 0. The Morgan fingerprint density at radius 2 is 1.66 bits per heavy atom. The van der Waals surface area contributed by atoms with E-state index in [0.29, 0.717) is 27.2 Å². The van der Waals surface area contributed by atoms with Crippen LogP contribution >= 0.6 is 23.2 Å². The van der Waals surface area contributed by atoms with E-state index in [-0.39, 0.29) is 33.6 Å². The second-order valence-corrected chi connectivity index (χ2v) is 7.04. The summed E-state index contributed by atoms with van der Waals surface area (Å²) in [5.41, 5.74) is 1.85. The van der Waals surface area contributed by atoms with E-state index in [1.54, 1.807) is 24.3 Å². The minimum Gasteiger partial charge on any atom is -0.507 e. The van der Waals surface area contributed by atoms with Crippen molar-refractivity contribution in [1.29, 1.82) is 0 Å². The molecule has 0 radical (unpaired) electrons. The molecule has 3 aromatic carbocycles. The molecule has 0 unspecified atom stereocenters. The van der Waals surface area contributed by atoms with E-state index in [2.05, 4.69) is 15.1 Å². The lowest BCUT2D eigenvalue weighted by atomic mass is 10.0. The second-order valence-electron chi connectivity index (χ2n) is 6.19. The number of para-hydroxylation sites is 2. The zero-order valence-electron chi connectivity index (χ0n) is 14.8. The van der Waals surface area contributed by atoms with E-state index in [1.807, 2.05) is 24.3 Å². The number of halogens is 2. The number of nitrogens with two attached hydrogens (primary N) is 1. The molecule has 4 N–H and O–H groups in total. The number of benzene rings is 3. The number of fused-ring (bicyclic) bond motifs is 1. The van der Waals surface area contributed by atoms with Crippen LogP contribution in [0.2, 0.25) is 10.0 Å². The SMILES string of the molecule is N/N=C(\c1cc(Cl)cc(Cl)c1O)c1nc(-c2ccccc2O)nc2ccccc12. The van der Waals surface area contributed by atoms with Gasteiger partial charge in [0.1, 0.15) is 22.9 Å². The number of phenols is 2. The highest BCUT2D eigenvalue weighted by Gasteiger charge is 2.21. The van der Waals surface area contributed by atoms with Crippen molar-refractivity contribution >= 4 is 39.8 Å². The first kappa shape index (κ1) is 19.0. The summed E-state index contributed by atoms with van der Waals surface area (Å²) in [6.45, 7) is 0. The third-order valence-electron chi connectivity index (χ3n) is 4.38. The van der Waals surface area contributed by atoms with Gasteiger partial charge in [0.25, 0.3) is 0 Å². The molecule has 1 aromatic heterocycles. The van der Waals surface area contributed by atoms with Crippen molar-refractivity contribution in [3.05, 3.63) is 82.0 Å². The van der Waals surface area contributed by atoms with Crippen LogP contribution < -0.4 is 5.84 Å². The third-order valence-corrected chi connectivity index (χ3v) is 4.89. The highest BCUT2D eigenvalue weighted by Crippen LogP contribution is 2.34. The summed E-state index contributed by atoms with van der Waals surface area (Å²) in [6, 6.07) is 16.9. The van der Waals surface area contributed by atoms with Crippen molar-refractivity contribution < 1.29 is 10.2 Å². The van der Waals surface area contributed by atoms with E-state index < -0.39 is 0 Å². The van der Waals surface area contributed by atoms with Gasteiger partial charge in [0.2, 0.25) is 0 Å². The van der Waals surface area contributed by atoms with Gasteiger partial charge in [-0.05, 0) is 30.3 Å². The molecule has 0 aliphatic heterocycles. The summed E-state index contributed by atoms with van der Waals surface area (Å²) in [4.78, 5) is 9.15. The number of aromatic nitrogens is 2. The maximum Gasteiger partial charge on any atom is 0.164 e. The first-order chi connectivity index (χ1) is 14.0. The molecule has 0 atom stereocenters. The Labute approximate surface area is 175 Å². The first-order valence-electron chi connectivity index (χ1n) is 8.51. The molecule has 0 bridgehead atoms. The summed E-state index contributed by atoms with van der Waals surface area (Å²) in [6.07, 6.45) is 0. The van der Waals surface area contributed by atoms with Gasteiger partial charge >= 0.3 is 0 Å². The lowest BCUT2D eigenvalue weighted by Crippen LogP contribution is -2.12. The van der Waals surface area contributed by atoms with Crippen LogP contribution in [0, 0.1) is 0 Å². The van der Waals surface area contributed by atoms with Crippen LogP contribution in [0.4, 0.5) is 0 Å². The lowest BCUT2D eigenvalue weighted by molar-refractivity contribution is 0.474. The summed E-state index contributed by atoms with van der Waals surface area (Å²) in [7, 11) is 0. The molecule has 8 heteroatoms. The quantitative estimate of drug-likeness (QED) is 0.250. The van der Waals surface area contributed by atoms with Crippen LogP contribution in [0.1, 0.15) is 11.3 Å². The van der Waals surface area contributed by atoms with E-state index in [4.69, 9.17) is 29.0 Å². The fourth-order valence-corrected chi connectivity index (χ4v) is 3.54. The lowest BCUT2D eigenvalue weighted by Gasteiger charge is -2.13. The Morgan fingerprint density at radius 1 is 0.931 bits per heavy atom. The van der Waals surface area contributed by atoms with Gasteiger partial charge in [-0.2, -0.15) is 5.10 Å². The predicted molar refractivity (Wildman–Crippen MR) is 115 cm³/mol. The van der Waals surface area contributed by atoms with Crippen LogP contribution in [-0.2, 0) is 0 Å². The number of phenolic OH excluding ortho intramolecular Hbond substituents is 2. The Balaban J connectivity index is 2.03. The van der Waals surface area contributed by atoms with Crippen molar-refractivity contribution in [2.24, 2.45) is 10.9 Å². The number of hydrogen-bond donors (Lipinski definition) is 3. The molecule has 0 saturated carbocycles. The minimum absolute atomic E-state index is 0.0358. The molecule has 29 heavy (non-hydrogen) atoms. The number of aromatic hydroxyl groups is 2. The van der Waals surface area contributed by atoms with Crippen molar-refractivity contribution in [2.45, 2.75) is 0 Å². The molecule has 0 fully saturated rings. The molecule has 0 amide bonds. The minimum atomic E-state index is -0.216. The topological polar surface area (TPSA) is 105 Å². The molecule has 0 saturated heterocycles. The second kappa shape index (κ2) is 7.58. The molecule has 0 spiro atoms. The molecule has 144 valence electrons. The number of hydrogen-bond acceptors (Lipinski definition) is 6. The molecule has 4 rings (SSSR count). The van der Waals surface area contributed by atoms with Gasteiger partial charge in [-0.15, -0.1) is 0 Å². The maximum absolute atomic E-state index is 10.5. The Bertz CT molecular complexity index is 1270. The molecule has 0 aliphatic carbocycles. The first-order valence-corrected chi connectivity index (χ1v) is 9.27. The van der Waals surface area contributed by atoms with E-state index in [1.165, 1.54) is 12.1 Å². The normalized spacial score (nSPS) is 11.7. The molecule has 6 nitrogen and oxygen atoms in total. The molecule has 4 aromatic rings.